The van der Waals surface area contributed by atoms with Crippen molar-refractivity contribution in [3.8, 4) is 0 Å². The molecule has 0 radical (unpaired) electrons. The first-order valence-corrected chi connectivity index (χ1v) is 3.69. The maximum atomic E-state index is 8.46. The summed E-state index contributed by atoms with van der Waals surface area (Å²) in [7, 11) is 0. The molecule has 0 unspecified atom stereocenters. The molecule has 0 aromatic carbocycles. The van der Waals surface area contributed by atoms with Crippen LogP contribution < -0.4 is 0 Å². The minimum Gasteiger partial charge on any atom is -0.392 e. The molecule has 9 heavy (non-hydrogen) atoms. The summed E-state index contributed by atoms with van der Waals surface area (Å²) in [6.07, 6.45) is 1.77. The molecular formula is C7H11BrO. The maximum Gasteiger partial charge on any atom is 0.0618 e. The fourth-order valence-electron chi connectivity index (χ4n) is 0.384. The van der Waals surface area contributed by atoms with Crippen molar-refractivity contribution in [1.29, 1.82) is 0 Å². The molecule has 0 rings (SSSR count). The van der Waals surface area contributed by atoms with Crippen molar-refractivity contribution >= 4 is 15.9 Å². The summed E-state index contributed by atoms with van der Waals surface area (Å²) in [5.74, 6) is 0. The third-order valence-electron chi connectivity index (χ3n) is 1.18. The van der Waals surface area contributed by atoms with Gasteiger partial charge in [-0.25, -0.2) is 0 Å². The van der Waals surface area contributed by atoms with Gasteiger partial charge in [0.1, 0.15) is 0 Å². The normalized spacial score (nSPS) is 14.2. The molecular weight excluding hydrogens is 180 g/mol. The molecule has 0 saturated heterocycles. The van der Waals surface area contributed by atoms with E-state index in [0.717, 1.165) is 11.1 Å². The van der Waals surface area contributed by atoms with E-state index in [-0.39, 0.29) is 6.61 Å². The lowest BCUT2D eigenvalue weighted by Crippen LogP contribution is -1.80. The minimum absolute atomic E-state index is 0.115. The highest BCUT2D eigenvalue weighted by Gasteiger charge is 1.87. The summed E-state index contributed by atoms with van der Waals surface area (Å²) < 4.78 is 0. The molecule has 1 nitrogen and oxygen atoms in total. The summed E-state index contributed by atoms with van der Waals surface area (Å²) in [5, 5.41) is 8.46. The summed E-state index contributed by atoms with van der Waals surface area (Å²) in [6, 6.07) is 0. The molecule has 0 aliphatic rings. The van der Waals surface area contributed by atoms with Crippen LogP contribution in [-0.2, 0) is 0 Å². The number of halogens is 1. The van der Waals surface area contributed by atoms with Gasteiger partial charge in [0.25, 0.3) is 0 Å². The second kappa shape index (κ2) is 4.77. The molecule has 0 aromatic heterocycles. The zero-order valence-electron chi connectivity index (χ0n) is 5.69. The monoisotopic (exact) mass is 190 g/mol. The van der Waals surface area contributed by atoms with Gasteiger partial charge < -0.3 is 5.11 Å². The van der Waals surface area contributed by atoms with Crippen LogP contribution in [0.4, 0.5) is 0 Å². The van der Waals surface area contributed by atoms with Crippen LogP contribution in [0.1, 0.15) is 13.8 Å². The molecule has 0 spiro atoms. The van der Waals surface area contributed by atoms with E-state index in [4.69, 9.17) is 5.11 Å². The number of rotatable bonds is 2. The van der Waals surface area contributed by atoms with Crippen molar-refractivity contribution in [1.82, 2.24) is 0 Å². The average molecular weight is 191 g/mol. The zero-order valence-corrected chi connectivity index (χ0v) is 7.27. The summed E-state index contributed by atoms with van der Waals surface area (Å²) in [6.45, 7) is 4.06. The Balaban J connectivity index is 4.03. The van der Waals surface area contributed by atoms with E-state index >= 15 is 0 Å². The standard InChI is InChI=1S/C7H11BrO/c1-6(3-4-9)7(2)5-8/h3,5,9H,4H2,1-2H3/b6-3+,7-5+. The molecule has 0 aliphatic heterocycles. The van der Waals surface area contributed by atoms with Crippen LogP contribution in [0.25, 0.3) is 0 Å². The highest BCUT2D eigenvalue weighted by molar-refractivity contribution is 9.11. The largest absolute Gasteiger partial charge is 0.392 e. The Morgan fingerprint density at radius 3 is 2.33 bits per heavy atom. The SMILES string of the molecule is CC(=C\Br)/C(C)=C/CO. The predicted molar refractivity (Wildman–Crippen MR) is 43.5 cm³/mol. The molecule has 2 heteroatoms. The minimum atomic E-state index is 0.115. The first kappa shape index (κ1) is 8.92. The molecule has 0 amide bonds. The third-order valence-corrected chi connectivity index (χ3v) is 1.87. The molecule has 0 heterocycles. The number of hydrogen-bond donors (Lipinski definition) is 1. The highest BCUT2D eigenvalue weighted by Crippen LogP contribution is 2.08. The number of hydrogen-bond acceptors (Lipinski definition) is 1. The van der Waals surface area contributed by atoms with Crippen molar-refractivity contribution < 1.29 is 5.11 Å². The van der Waals surface area contributed by atoms with Gasteiger partial charge in [-0.2, -0.15) is 0 Å². The fourth-order valence-corrected chi connectivity index (χ4v) is 0.745. The smallest absolute Gasteiger partial charge is 0.0618 e. The highest BCUT2D eigenvalue weighted by atomic mass is 79.9. The van der Waals surface area contributed by atoms with Crippen LogP contribution in [-0.4, -0.2) is 11.7 Å². The van der Waals surface area contributed by atoms with Crippen molar-refractivity contribution in [3.63, 3.8) is 0 Å². The van der Waals surface area contributed by atoms with E-state index in [1.54, 1.807) is 6.08 Å². The molecule has 0 saturated carbocycles. The van der Waals surface area contributed by atoms with Crippen molar-refractivity contribution in [2.75, 3.05) is 6.61 Å². The Bertz CT molecular complexity index is 136. The second-order valence-electron chi connectivity index (χ2n) is 1.86. The van der Waals surface area contributed by atoms with E-state index in [1.807, 2.05) is 18.8 Å². The van der Waals surface area contributed by atoms with Crippen molar-refractivity contribution in [3.05, 3.63) is 22.2 Å². The van der Waals surface area contributed by atoms with E-state index in [1.165, 1.54) is 0 Å². The van der Waals surface area contributed by atoms with Gasteiger partial charge in [-0.05, 0) is 30.0 Å². The molecule has 1 N–H and O–H groups in total. The van der Waals surface area contributed by atoms with Crippen molar-refractivity contribution in [2.24, 2.45) is 0 Å². The first-order chi connectivity index (χ1) is 4.22. The van der Waals surface area contributed by atoms with Crippen LogP contribution in [0, 0.1) is 0 Å². The number of aliphatic hydroxyl groups is 1. The van der Waals surface area contributed by atoms with Crippen LogP contribution >= 0.6 is 15.9 Å². The van der Waals surface area contributed by atoms with Crippen LogP contribution in [0.15, 0.2) is 22.2 Å². The maximum absolute atomic E-state index is 8.46. The Morgan fingerprint density at radius 2 is 2.00 bits per heavy atom. The summed E-state index contributed by atoms with van der Waals surface area (Å²) in [4.78, 5) is 1.84. The quantitative estimate of drug-likeness (QED) is 0.663. The molecule has 0 bridgehead atoms. The van der Waals surface area contributed by atoms with E-state index < -0.39 is 0 Å². The van der Waals surface area contributed by atoms with E-state index in [2.05, 4.69) is 15.9 Å². The summed E-state index contributed by atoms with van der Waals surface area (Å²) in [5.41, 5.74) is 2.25. The van der Waals surface area contributed by atoms with Crippen molar-refractivity contribution in [2.45, 2.75) is 13.8 Å². The predicted octanol–water partition coefficient (Wildman–Crippen LogP) is 2.22. The van der Waals surface area contributed by atoms with Gasteiger partial charge in [-0.15, -0.1) is 0 Å². The van der Waals surface area contributed by atoms with Crippen LogP contribution in [0.2, 0.25) is 0 Å². The molecule has 0 atom stereocenters. The Hall–Kier alpha value is -0.0800. The zero-order chi connectivity index (χ0) is 7.28. The first-order valence-electron chi connectivity index (χ1n) is 2.77. The Kier molecular flexibility index (Phi) is 4.72. The van der Waals surface area contributed by atoms with Gasteiger partial charge >= 0.3 is 0 Å². The lowest BCUT2D eigenvalue weighted by molar-refractivity contribution is 0.342. The van der Waals surface area contributed by atoms with Crippen LogP contribution in [0.5, 0.6) is 0 Å². The van der Waals surface area contributed by atoms with Gasteiger partial charge in [-0.3, -0.25) is 0 Å². The Morgan fingerprint density at radius 1 is 1.44 bits per heavy atom. The van der Waals surface area contributed by atoms with Crippen LogP contribution in [0.3, 0.4) is 0 Å². The Labute approximate surface area is 64.2 Å². The van der Waals surface area contributed by atoms with Gasteiger partial charge in [0, 0.05) is 0 Å². The lowest BCUT2D eigenvalue weighted by atomic mass is 10.1. The van der Waals surface area contributed by atoms with E-state index in [0.29, 0.717) is 0 Å². The molecule has 0 fully saturated rings. The second-order valence-corrected chi connectivity index (χ2v) is 2.32. The van der Waals surface area contributed by atoms with Gasteiger partial charge in [-0.1, -0.05) is 22.0 Å². The fraction of sp³-hybridized carbons (Fsp3) is 0.429. The van der Waals surface area contributed by atoms with Gasteiger partial charge in [0.2, 0.25) is 0 Å². The molecule has 52 valence electrons. The lowest BCUT2D eigenvalue weighted by Gasteiger charge is -1.96. The molecule has 0 aliphatic carbocycles. The number of aliphatic hydroxyl groups excluding tert-OH is 1. The van der Waals surface area contributed by atoms with Gasteiger partial charge in [0.05, 0.1) is 6.61 Å². The van der Waals surface area contributed by atoms with E-state index in [9.17, 15) is 0 Å². The topological polar surface area (TPSA) is 20.2 Å². The number of allylic oxidation sites excluding steroid dienone is 2. The van der Waals surface area contributed by atoms with Gasteiger partial charge in [0.15, 0.2) is 0 Å². The average Bonchev–Trinajstić information content (AvgIpc) is 1.87. The third kappa shape index (κ3) is 3.49. The summed E-state index contributed by atoms with van der Waals surface area (Å²) >= 11 is 3.20. The molecule has 0 aromatic rings.